The Bertz CT molecular complexity index is 970. The normalized spacial score (nSPS) is 30.1. The molecule has 15 heteroatoms. The van der Waals surface area contributed by atoms with Crippen molar-refractivity contribution in [1.82, 2.24) is 19.5 Å². The predicted octanol–water partition coefficient (Wildman–Crippen LogP) is -2.04. The van der Waals surface area contributed by atoms with Crippen LogP contribution in [0.4, 0.5) is 5.95 Å². The van der Waals surface area contributed by atoms with Crippen LogP contribution in [-0.4, -0.2) is 69.9 Å². The Morgan fingerprint density at radius 3 is 3.14 bits per heavy atom. The summed E-state index contributed by atoms with van der Waals surface area (Å²) in [7, 11) is -1.52. The molecular weight excluding hydrogens is 396 g/mol. The van der Waals surface area contributed by atoms with Gasteiger partial charge < -0.3 is 0 Å². The summed E-state index contributed by atoms with van der Waals surface area (Å²) in [4.78, 5) is 33.3. The van der Waals surface area contributed by atoms with E-state index in [2.05, 4.69) is 15.0 Å². The molecule has 4 N–H and O–H groups in total. The standard InChI is InChI=1S/C13H19BN5O8P/c1-5(20)23-4-25-28(14)24-2-6-9(27-28)8(21)12(26-6)19-3-16-7-10(19)17-13(15)18-11(7)22/h3,6,8-9,12,21,28H,2,4,14H2,1H3,(H3,15,17,18,22)/t6-,8+,9+,12-/m1/s1. The molecule has 28 heavy (non-hydrogen) atoms. The zero-order valence-electron chi connectivity index (χ0n) is 15.0. The van der Waals surface area contributed by atoms with E-state index in [4.69, 9.17) is 28.8 Å². The third-order valence-corrected chi connectivity index (χ3v) is 6.51. The summed E-state index contributed by atoms with van der Waals surface area (Å²) < 4.78 is 29.0. The molecule has 4 heterocycles. The molecule has 2 saturated heterocycles. The number of nitrogens with two attached hydrogens (primary N) is 1. The molecule has 13 nitrogen and oxygen atoms in total. The van der Waals surface area contributed by atoms with E-state index in [0.717, 1.165) is 0 Å². The van der Waals surface area contributed by atoms with Crippen molar-refractivity contribution < 1.29 is 32.9 Å². The van der Waals surface area contributed by atoms with Gasteiger partial charge in [-0.3, -0.25) is 0 Å². The number of aromatic nitrogens is 4. The van der Waals surface area contributed by atoms with Gasteiger partial charge in [-0.05, 0) is 0 Å². The monoisotopic (exact) mass is 415 g/mol. The Balaban J connectivity index is 1.55. The number of aliphatic hydroxyl groups is 1. The van der Waals surface area contributed by atoms with Crippen molar-refractivity contribution in [2.24, 2.45) is 0 Å². The van der Waals surface area contributed by atoms with E-state index in [1.165, 1.54) is 17.8 Å². The summed E-state index contributed by atoms with van der Waals surface area (Å²) in [6, 6.07) is 0. The van der Waals surface area contributed by atoms with Crippen molar-refractivity contribution in [3.63, 3.8) is 0 Å². The van der Waals surface area contributed by atoms with Crippen LogP contribution in [0.1, 0.15) is 13.2 Å². The Kier molecular flexibility index (Phi) is 4.85. The van der Waals surface area contributed by atoms with Gasteiger partial charge >= 0.3 is 158 Å². The molecule has 152 valence electrons. The maximum atomic E-state index is 11.9. The van der Waals surface area contributed by atoms with E-state index < -0.39 is 43.9 Å². The molecule has 0 radical (unpaired) electrons. The fourth-order valence-corrected chi connectivity index (χ4v) is 4.91. The van der Waals surface area contributed by atoms with Gasteiger partial charge in [-0.15, -0.1) is 0 Å². The van der Waals surface area contributed by atoms with E-state index in [-0.39, 0.29) is 30.5 Å². The molecule has 0 spiro atoms. The average molecular weight is 415 g/mol. The van der Waals surface area contributed by atoms with E-state index in [9.17, 15) is 14.7 Å². The van der Waals surface area contributed by atoms with Crippen molar-refractivity contribution in [3.05, 3.63) is 16.7 Å². The number of imidazole rings is 1. The molecule has 0 amide bonds. The number of anilines is 1. The van der Waals surface area contributed by atoms with Crippen molar-refractivity contribution in [3.8, 4) is 0 Å². The Morgan fingerprint density at radius 2 is 2.39 bits per heavy atom. The van der Waals surface area contributed by atoms with Crippen molar-refractivity contribution in [1.29, 1.82) is 0 Å². The van der Waals surface area contributed by atoms with Crippen molar-refractivity contribution in [2.75, 3.05) is 19.1 Å². The number of fused-ring (bicyclic) bond motifs is 2. The molecule has 0 unspecified atom stereocenters. The number of esters is 1. The fourth-order valence-electron chi connectivity index (χ4n) is 3.17. The van der Waals surface area contributed by atoms with Crippen LogP contribution in [0.5, 0.6) is 0 Å². The van der Waals surface area contributed by atoms with Crippen molar-refractivity contribution >= 4 is 38.5 Å². The Morgan fingerprint density at radius 1 is 1.61 bits per heavy atom. The third-order valence-electron chi connectivity index (χ3n) is 4.48. The molecule has 0 aliphatic carbocycles. The zero-order valence-corrected chi connectivity index (χ0v) is 16.0. The first-order valence-electron chi connectivity index (χ1n) is 8.42. The number of aliphatic hydroxyl groups excluding tert-OH is 1. The minimum atomic E-state index is -3.15. The average Bonchev–Trinajstić information content (AvgIpc) is 3.16. The SMILES string of the molecule is B[PH]1(OCOC(C)=O)OC[C@H]2O[C@@H](n3cnc4c(=O)[nH]c(N)nc43)[C@@H](O)[C@H]2O1. The van der Waals surface area contributed by atoms with Gasteiger partial charge in [-0.1, -0.05) is 0 Å². The van der Waals surface area contributed by atoms with Gasteiger partial charge in [-0.25, -0.2) is 0 Å². The van der Waals surface area contributed by atoms with E-state index in [1.54, 1.807) is 7.57 Å². The van der Waals surface area contributed by atoms with Crippen LogP contribution in [-0.2, 0) is 27.8 Å². The van der Waals surface area contributed by atoms with Crippen LogP contribution >= 0.6 is 7.82 Å². The molecule has 4 rings (SSSR count). The van der Waals surface area contributed by atoms with E-state index >= 15 is 0 Å². The van der Waals surface area contributed by atoms with E-state index in [0.29, 0.717) is 0 Å². The van der Waals surface area contributed by atoms with Gasteiger partial charge in [0.2, 0.25) is 0 Å². The summed E-state index contributed by atoms with van der Waals surface area (Å²) in [5, 5.41) is 10.8. The number of ether oxygens (including phenoxy) is 2. The van der Waals surface area contributed by atoms with Gasteiger partial charge in [0, 0.05) is 0 Å². The molecule has 2 aliphatic rings. The van der Waals surface area contributed by atoms with Crippen LogP contribution in [0, 0.1) is 0 Å². The van der Waals surface area contributed by atoms with Crippen LogP contribution in [0.2, 0.25) is 0 Å². The fraction of sp³-hybridized carbons (Fsp3) is 0.538. The number of nitrogen functional groups attached to an aromatic ring is 1. The van der Waals surface area contributed by atoms with Crippen LogP contribution < -0.4 is 11.3 Å². The number of nitrogens with zero attached hydrogens (tertiary/aromatic N) is 3. The van der Waals surface area contributed by atoms with Crippen LogP contribution in [0.25, 0.3) is 11.2 Å². The Hall–Kier alpha value is -2.09. The molecule has 0 saturated carbocycles. The van der Waals surface area contributed by atoms with Crippen LogP contribution in [0.15, 0.2) is 11.1 Å². The van der Waals surface area contributed by atoms with Gasteiger partial charge in [0.1, 0.15) is 0 Å². The number of hydrogen-bond acceptors (Lipinski definition) is 11. The van der Waals surface area contributed by atoms with Gasteiger partial charge in [0.15, 0.2) is 0 Å². The van der Waals surface area contributed by atoms with Crippen molar-refractivity contribution in [2.45, 2.75) is 31.5 Å². The number of H-pyrrole nitrogens is 1. The number of nitrogens with one attached hydrogen (secondary N) is 1. The predicted molar refractivity (Wildman–Crippen MR) is 97.9 cm³/mol. The zero-order chi connectivity index (χ0) is 20.1. The summed E-state index contributed by atoms with van der Waals surface area (Å²) in [6.07, 6.45) is -2.01. The number of aromatic amines is 1. The van der Waals surface area contributed by atoms with Crippen LogP contribution in [0.3, 0.4) is 0 Å². The number of carbonyl (C=O) groups excluding carboxylic acids is 1. The Labute approximate surface area is 159 Å². The van der Waals surface area contributed by atoms with E-state index in [1.807, 2.05) is 0 Å². The number of rotatable bonds is 4. The van der Waals surface area contributed by atoms with Gasteiger partial charge in [0.25, 0.3) is 0 Å². The second-order valence-corrected chi connectivity index (χ2v) is 9.02. The molecule has 0 bridgehead atoms. The summed E-state index contributed by atoms with van der Waals surface area (Å²) >= 11 is 0. The van der Waals surface area contributed by atoms with Gasteiger partial charge in [0.05, 0.1) is 0 Å². The molecule has 2 aromatic rings. The molecule has 0 aromatic carbocycles. The molecule has 2 aliphatic heterocycles. The summed E-state index contributed by atoms with van der Waals surface area (Å²) in [6.45, 7) is 1.06. The third kappa shape index (κ3) is 3.38. The maximum absolute atomic E-state index is 11.9. The summed E-state index contributed by atoms with van der Waals surface area (Å²) in [5.74, 6) is -0.577. The first-order chi connectivity index (χ1) is 13.3. The number of hydrogen-bond donors (Lipinski definition) is 3. The topological polar surface area (TPSA) is 173 Å². The molecule has 2 aromatic heterocycles. The number of carbonyl (C=O) groups is 1. The minimum absolute atomic E-state index is 0.0703. The second kappa shape index (κ2) is 7.06. The quantitative estimate of drug-likeness (QED) is 0.217. The van der Waals surface area contributed by atoms with Gasteiger partial charge in [-0.2, -0.15) is 0 Å². The molecule has 2 fully saturated rings. The molecule has 4 atom stereocenters. The second-order valence-electron chi connectivity index (χ2n) is 6.48. The molecular formula is C13H19BN5O8P. The summed E-state index contributed by atoms with van der Waals surface area (Å²) in [5.41, 5.74) is 5.36. The first kappa shape index (κ1) is 19.2. The first-order valence-corrected chi connectivity index (χ1v) is 10.6.